The van der Waals surface area contributed by atoms with Gasteiger partial charge >= 0.3 is 0 Å². The Morgan fingerprint density at radius 2 is 1.11 bits per heavy atom. The maximum atomic E-state index is 12.5. The van der Waals surface area contributed by atoms with Crippen molar-refractivity contribution < 1.29 is 109 Å². The lowest BCUT2D eigenvalue weighted by molar-refractivity contribution is -0.469. The molecule has 14 N–H and O–H groups in total. The van der Waals surface area contributed by atoms with Crippen molar-refractivity contribution in [2.24, 2.45) is 56.2 Å². The fraction of sp³-hybridized carbons (Fsp3) is 0.963. The van der Waals surface area contributed by atoms with E-state index in [2.05, 4.69) is 46.8 Å². The first kappa shape index (κ1) is 58.1. The summed E-state index contributed by atoms with van der Waals surface area (Å²) in [5, 5.41) is 156. The fourth-order valence-corrected chi connectivity index (χ4v) is 17.8. The second kappa shape index (κ2) is 20.0. The van der Waals surface area contributed by atoms with Gasteiger partial charge in [0.15, 0.2) is 18.9 Å². The molecule has 9 fully saturated rings. The summed E-state index contributed by atoms with van der Waals surface area (Å²) in [6.07, 6.45) is -23.1. The Morgan fingerprint density at radius 1 is 0.553 bits per heavy atom. The summed E-state index contributed by atoms with van der Waals surface area (Å²) in [5.74, 6) is -3.67. The van der Waals surface area contributed by atoms with E-state index in [1.54, 1.807) is 0 Å². The molecule has 0 aromatic heterocycles. The standard InChI is InChI=1S/C54H88O22/c1-24-32(59)39(66)43(74-45-41(68)37(64)34(61)26(20-56)71-45)54(75-24,76-46-42(38(65)35(62)27(21-57)72-46)73-44-40(67)36(63)33(60)25(19-55)70-44)30-8-11-48(4)28(49(30,5)22-58)9-12-50(6)29(48)10-13-53-31-18-47(2,3)14-16-52(31,23-69-53)17-15-51(50,53)7/h10,13,24-46,55-68H,8-9,11-12,14-23H2,1-7H3/t24-,25-,26-,27-,28?,29?,30?,31+,32-,33-,34-,35-,36+,37+,38+,39+,40-,41-,42-,43-,44+,45+,46+,48+,49?,50-,51+,52?,53?,54+/m1/s1. The molecule has 0 amide bonds. The molecule has 4 saturated carbocycles. The molecule has 10 aliphatic rings. The van der Waals surface area contributed by atoms with Crippen LogP contribution in [0.5, 0.6) is 0 Å². The summed E-state index contributed by atoms with van der Waals surface area (Å²) in [5.41, 5.74) is -2.55. The van der Waals surface area contributed by atoms with Crippen LogP contribution >= 0.6 is 0 Å². The quantitative estimate of drug-likeness (QED) is 0.100. The van der Waals surface area contributed by atoms with Gasteiger partial charge in [-0.1, -0.05) is 53.7 Å². The zero-order chi connectivity index (χ0) is 55.2. The number of hydrogen-bond donors (Lipinski definition) is 14. The van der Waals surface area contributed by atoms with Gasteiger partial charge in [0.05, 0.1) is 38.1 Å². The van der Waals surface area contributed by atoms with E-state index in [1.165, 1.54) is 6.92 Å². The summed E-state index contributed by atoms with van der Waals surface area (Å²) in [6, 6.07) is 0. The lowest BCUT2D eigenvalue weighted by Crippen LogP contribution is -2.76. The van der Waals surface area contributed by atoms with E-state index in [4.69, 9.17) is 37.9 Å². The molecular formula is C54H88O22. The highest BCUT2D eigenvalue weighted by Crippen LogP contribution is 2.80. The minimum atomic E-state index is -2.52. The minimum absolute atomic E-state index is 0.0360. The summed E-state index contributed by atoms with van der Waals surface area (Å²) >= 11 is 0. The lowest BCUT2D eigenvalue weighted by atomic mass is 9.31. The molecule has 5 heterocycles. The van der Waals surface area contributed by atoms with Crippen LogP contribution in [0.2, 0.25) is 0 Å². The van der Waals surface area contributed by atoms with Crippen LogP contribution in [0, 0.1) is 56.2 Å². The molecule has 5 saturated heterocycles. The Bertz CT molecular complexity index is 2120. The Balaban J connectivity index is 1.08. The zero-order valence-corrected chi connectivity index (χ0v) is 44.9. The van der Waals surface area contributed by atoms with Crippen LogP contribution in [0.4, 0.5) is 0 Å². The highest BCUT2D eigenvalue weighted by molar-refractivity contribution is 5.35. The zero-order valence-electron chi connectivity index (χ0n) is 44.9. The molecule has 0 radical (unpaired) electrons. The van der Waals surface area contributed by atoms with E-state index in [9.17, 15) is 71.5 Å². The third-order valence-corrected chi connectivity index (χ3v) is 22.5. The number of allylic oxidation sites excluding steroid dienone is 1. The number of rotatable bonds is 11. The highest BCUT2D eigenvalue weighted by atomic mass is 16.8. The van der Waals surface area contributed by atoms with Crippen LogP contribution in [0.1, 0.15) is 106 Å². The molecule has 22 heteroatoms. The Morgan fingerprint density at radius 3 is 1.70 bits per heavy atom. The van der Waals surface area contributed by atoms with Crippen molar-refractivity contribution in [1.29, 1.82) is 0 Å². The van der Waals surface area contributed by atoms with Crippen LogP contribution in [0.3, 0.4) is 0 Å². The molecule has 0 aromatic rings. The predicted octanol–water partition coefficient (Wildman–Crippen LogP) is -1.95. The van der Waals surface area contributed by atoms with E-state index < -0.39 is 171 Å². The second-order valence-corrected chi connectivity index (χ2v) is 26.7. The third-order valence-electron chi connectivity index (χ3n) is 22.5. The van der Waals surface area contributed by atoms with Crippen LogP contribution in [0.25, 0.3) is 0 Å². The van der Waals surface area contributed by atoms with Gasteiger partial charge in [0, 0.05) is 29.3 Å². The van der Waals surface area contributed by atoms with Gasteiger partial charge in [0.1, 0.15) is 91.6 Å². The SMILES string of the molecule is C[C@H]1O[C@](O[C@@H]2O[C@H](CO)[C@@H](O)[C@H](O)[C@H]2O[C@@H]2O[C@H](CO)[C@@H](O)[C@H](O)[C@H]2O)(C2CC[C@@]3(C)C(CC[C@]4(C)C3C=CC35OCC6(CCC(C)(C)C[C@@H]63)CC[C@]54C)C2(C)CO)[C@H](O[C@@H]2O[C@H](CO)[C@@H](O)[C@H](O)[C@H]2O)[C@@H](O)[C@@H]1O. The summed E-state index contributed by atoms with van der Waals surface area (Å²) in [7, 11) is 0. The van der Waals surface area contributed by atoms with Crippen molar-refractivity contribution in [3.05, 3.63) is 12.2 Å². The van der Waals surface area contributed by atoms with E-state index >= 15 is 0 Å². The molecule has 1 spiro atoms. The average Bonchev–Trinajstić information content (AvgIpc) is 3.63. The van der Waals surface area contributed by atoms with Crippen LogP contribution in [-0.4, -0.2) is 232 Å². The smallest absolute Gasteiger partial charge is 0.204 e. The molecule has 0 aromatic carbocycles. The van der Waals surface area contributed by atoms with E-state index in [0.717, 1.165) is 45.1 Å². The Labute approximate surface area is 443 Å². The van der Waals surface area contributed by atoms with Crippen molar-refractivity contribution >= 4 is 0 Å². The highest BCUT2D eigenvalue weighted by Gasteiger charge is 2.78. The number of fused-ring (bicyclic) bond motifs is 4. The molecular weight excluding hydrogens is 1000 g/mol. The van der Waals surface area contributed by atoms with Crippen molar-refractivity contribution in [2.45, 2.75) is 234 Å². The molecule has 10 rings (SSSR count). The second-order valence-electron chi connectivity index (χ2n) is 26.7. The van der Waals surface area contributed by atoms with Gasteiger partial charge in [-0.15, -0.1) is 0 Å². The Kier molecular flexibility index (Phi) is 15.3. The van der Waals surface area contributed by atoms with Crippen LogP contribution in [-0.2, 0) is 37.9 Å². The lowest BCUT2D eigenvalue weighted by Gasteiger charge is -2.73. The number of hydrogen-bond acceptors (Lipinski definition) is 22. The molecule has 5 aliphatic carbocycles. The monoisotopic (exact) mass is 1090 g/mol. The first-order chi connectivity index (χ1) is 35.6. The maximum absolute atomic E-state index is 12.5. The predicted molar refractivity (Wildman–Crippen MR) is 260 cm³/mol. The van der Waals surface area contributed by atoms with Crippen molar-refractivity contribution in [1.82, 2.24) is 0 Å². The fourth-order valence-electron chi connectivity index (χ4n) is 17.8. The molecule has 436 valence electrons. The van der Waals surface area contributed by atoms with Crippen molar-refractivity contribution in [3.63, 3.8) is 0 Å². The molecule has 2 bridgehead atoms. The van der Waals surface area contributed by atoms with Gasteiger partial charge < -0.3 is 109 Å². The topological polar surface area (TPSA) is 357 Å². The van der Waals surface area contributed by atoms with E-state index in [-0.39, 0.29) is 39.9 Å². The molecule has 76 heavy (non-hydrogen) atoms. The van der Waals surface area contributed by atoms with Gasteiger partial charge in [-0.2, -0.15) is 0 Å². The van der Waals surface area contributed by atoms with Crippen molar-refractivity contribution in [3.8, 4) is 0 Å². The maximum Gasteiger partial charge on any atom is 0.204 e. The largest absolute Gasteiger partial charge is 0.396 e. The summed E-state index contributed by atoms with van der Waals surface area (Å²) < 4.78 is 51.7. The molecule has 30 atom stereocenters. The summed E-state index contributed by atoms with van der Waals surface area (Å²) in [6.45, 7) is 12.8. The molecule has 22 nitrogen and oxygen atoms in total. The van der Waals surface area contributed by atoms with Gasteiger partial charge in [-0.25, -0.2) is 0 Å². The van der Waals surface area contributed by atoms with Gasteiger partial charge in [-0.3, -0.25) is 0 Å². The van der Waals surface area contributed by atoms with E-state index in [0.29, 0.717) is 18.8 Å². The first-order valence-electron chi connectivity index (χ1n) is 27.8. The van der Waals surface area contributed by atoms with Crippen LogP contribution < -0.4 is 0 Å². The average molecular weight is 1090 g/mol. The van der Waals surface area contributed by atoms with E-state index in [1.807, 2.05) is 6.92 Å². The third kappa shape index (κ3) is 8.23. The number of ether oxygens (including phenoxy) is 8. The molecule has 5 aliphatic heterocycles. The number of aliphatic hydroxyl groups excluding tert-OH is 14. The van der Waals surface area contributed by atoms with Gasteiger partial charge in [0.25, 0.3) is 0 Å². The van der Waals surface area contributed by atoms with Gasteiger partial charge in [-0.05, 0) is 98.2 Å². The summed E-state index contributed by atoms with van der Waals surface area (Å²) in [4.78, 5) is 0. The normalized spacial score (nSPS) is 58.7. The van der Waals surface area contributed by atoms with Crippen LogP contribution in [0.15, 0.2) is 12.2 Å². The van der Waals surface area contributed by atoms with Crippen molar-refractivity contribution in [2.75, 3.05) is 33.0 Å². The van der Waals surface area contributed by atoms with Gasteiger partial charge in [0.2, 0.25) is 5.79 Å². The molecule has 6 unspecified atom stereocenters. The Hall–Kier alpha value is -1.14. The first-order valence-corrected chi connectivity index (χ1v) is 27.8. The number of aliphatic hydroxyl groups is 14. The minimum Gasteiger partial charge on any atom is -0.396 e.